The summed E-state index contributed by atoms with van der Waals surface area (Å²) in [4.78, 5) is 21.6. The molecule has 0 heterocycles. The monoisotopic (exact) mass is 276 g/mol. The summed E-state index contributed by atoms with van der Waals surface area (Å²) in [6.07, 6.45) is 4.83. The Labute approximate surface area is 115 Å². The number of hydrogen-bond acceptors (Lipinski definition) is 4. The predicted octanol–water partition coefficient (Wildman–Crippen LogP) is 2.90. The third-order valence-electron chi connectivity index (χ3n) is 4.42. The summed E-state index contributed by atoms with van der Waals surface area (Å²) < 4.78 is 0. The van der Waals surface area contributed by atoms with Gasteiger partial charge in [0.15, 0.2) is 0 Å². The van der Waals surface area contributed by atoms with Gasteiger partial charge < -0.3 is 10.4 Å². The molecule has 106 valence electrons. The Hall–Kier alpha value is -2.11. The Morgan fingerprint density at radius 3 is 2.65 bits per heavy atom. The van der Waals surface area contributed by atoms with Crippen molar-refractivity contribution in [3.05, 3.63) is 33.9 Å². The highest BCUT2D eigenvalue weighted by molar-refractivity contribution is 5.95. The van der Waals surface area contributed by atoms with Crippen molar-refractivity contribution in [2.75, 3.05) is 11.9 Å². The highest BCUT2D eigenvalue weighted by atomic mass is 16.6. The summed E-state index contributed by atoms with van der Waals surface area (Å²) in [5.74, 6) is -0.527. The van der Waals surface area contributed by atoms with Crippen molar-refractivity contribution in [3.63, 3.8) is 0 Å². The molecule has 3 rings (SSSR count). The number of nitrogens with zero attached hydrogens (tertiary/aromatic N) is 1. The fraction of sp³-hybridized carbons (Fsp3) is 0.500. The molecule has 0 atom stereocenters. The third kappa shape index (κ3) is 2.21. The molecule has 0 saturated heterocycles. The van der Waals surface area contributed by atoms with Crippen molar-refractivity contribution in [2.24, 2.45) is 11.3 Å². The lowest BCUT2D eigenvalue weighted by Gasteiger charge is -2.16. The molecular weight excluding hydrogens is 260 g/mol. The molecule has 0 aliphatic heterocycles. The SMILES string of the molecule is O=C(O)c1cccc(NCC2(C3CC3)CC2)c1[N+](=O)[O-]. The fourth-order valence-electron chi connectivity index (χ4n) is 2.91. The first kappa shape index (κ1) is 12.9. The number of benzene rings is 1. The van der Waals surface area contributed by atoms with Crippen LogP contribution >= 0.6 is 0 Å². The van der Waals surface area contributed by atoms with Crippen LogP contribution in [0, 0.1) is 21.4 Å². The van der Waals surface area contributed by atoms with Crippen LogP contribution in [0.1, 0.15) is 36.0 Å². The second-order valence-electron chi connectivity index (χ2n) is 5.75. The molecule has 0 aromatic heterocycles. The molecule has 20 heavy (non-hydrogen) atoms. The topological polar surface area (TPSA) is 92.5 Å². The summed E-state index contributed by atoms with van der Waals surface area (Å²) in [7, 11) is 0. The van der Waals surface area contributed by atoms with Crippen LogP contribution in [-0.2, 0) is 0 Å². The molecule has 0 spiro atoms. The molecule has 6 nitrogen and oxygen atoms in total. The highest BCUT2D eigenvalue weighted by Crippen LogP contribution is 2.61. The Kier molecular flexibility index (Phi) is 2.88. The van der Waals surface area contributed by atoms with Crippen LogP contribution in [0.15, 0.2) is 18.2 Å². The van der Waals surface area contributed by atoms with E-state index in [1.165, 1.54) is 25.0 Å². The van der Waals surface area contributed by atoms with Gasteiger partial charge in [0.05, 0.1) is 4.92 Å². The average Bonchev–Trinajstić information content (AvgIpc) is 3.26. The molecular formula is C14H16N2O4. The minimum absolute atomic E-state index is 0.267. The van der Waals surface area contributed by atoms with Gasteiger partial charge in [0, 0.05) is 6.54 Å². The summed E-state index contributed by atoms with van der Waals surface area (Å²) in [5.41, 5.74) is -0.00250. The van der Waals surface area contributed by atoms with E-state index >= 15 is 0 Å². The number of aromatic carboxylic acids is 1. The number of anilines is 1. The van der Waals surface area contributed by atoms with E-state index in [4.69, 9.17) is 5.11 Å². The molecule has 0 unspecified atom stereocenters. The number of carboxylic acids is 1. The van der Waals surface area contributed by atoms with E-state index in [1.54, 1.807) is 6.07 Å². The van der Waals surface area contributed by atoms with Gasteiger partial charge in [-0.15, -0.1) is 0 Å². The van der Waals surface area contributed by atoms with Crippen molar-refractivity contribution in [1.29, 1.82) is 0 Å². The fourth-order valence-corrected chi connectivity index (χ4v) is 2.91. The zero-order valence-electron chi connectivity index (χ0n) is 11.0. The average molecular weight is 276 g/mol. The maximum Gasteiger partial charge on any atom is 0.342 e. The Balaban J connectivity index is 1.83. The molecule has 0 amide bonds. The normalized spacial score (nSPS) is 19.4. The number of carbonyl (C=O) groups is 1. The van der Waals surface area contributed by atoms with Crippen molar-refractivity contribution >= 4 is 17.3 Å². The maximum absolute atomic E-state index is 11.1. The van der Waals surface area contributed by atoms with E-state index in [1.807, 2.05) is 0 Å². The second kappa shape index (κ2) is 4.47. The number of rotatable bonds is 6. The smallest absolute Gasteiger partial charge is 0.342 e. The summed E-state index contributed by atoms with van der Waals surface area (Å²) in [6, 6.07) is 4.38. The molecule has 0 bridgehead atoms. The van der Waals surface area contributed by atoms with E-state index in [2.05, 4.69) is 5.32 Å². The first-order valence-electron chi connectivity index (χ1n) is 6.78. The van der Waals surface area contributed by atoms with Gasteiger partial charge in [0.1, 0.15) is 11.3 Å². The number of hydrogen-bond donors (Lipinski definition) is 2. The Morgan fingerprint density at radius 2 is 2.15 bits per heavy atom. The molecule has 1 aromatic rings. The maximum atomic E-state index is 11.1. The molecule has 1 aromatic carbocycles. The second-order valence-corrected chi connectivity index (χ2v) is 5.75. The van der Waals surface area contributed by atoms with Gasteiger partial charge in [-0.2, -0.15) is 0 Å². The van der Waals surface area contributed by atoms with E-state index in [0.717, 1.165) is 18.8 Å². The third-order valence-corrected chi connectivity index (χ3v) is 4.42. The number of nitrogens with one attached hydrogen (secondary N) is 1. The lowest BCUT2D eigenvalue weighted by atomic mass is 10.0. The Morgan fingerprint density at radius 1 is 1.45 bits per heavy atom. The van der Waals surface area contributed by atoms with Crippen molar-refractivity contribution in [2.45, 2.75) is 25.7 Å². The quantitative estimate of drug-likeness (QED) is 0.615. The van der Waals surface area contributed by atoms with E-state index < -0.39 is 10.9 Å². The van der Waals surface area contributed by atoms with Gasteiger partial charge in [-0.25, -0.2) is 4.79 Å². The van der Waals surface area contributed by atoms with Crippen LogP contribution in [0.2, 0.25) is 0 Å². The molecule has 2 fully saturated rings. The summed E-state index contributed by atoms with van der Waals surface area (Å²) >= 11 is 0. The largest absolute Gasteiger partial charge is 0.477 e. The highest BCUT2D eigenvalue weighted by Gasteiger charge is 2.53. The summed E-state index contributed by atoms with van der Waals surface area (Å²) in [5, 5.41) is 23.3. The van der Waals surface area contributed by atoms with E-state index in [9.17, 15) is 14.9 Å². The van der Waals surface area contributed by atoms with Gasteiger partial charge in [-0.05, 0) is 49.1 Å². The Bertz CT molecular complexity index is 577. The minimum atomic E-state index is -1.27. The number of nitro groups is 1. The van der Waals surface area contributed by atoms with Crippen LogP contribution in [0.3, 0.4) is 0 Å². The van der Waals surface area contributed by atoms with E-state index in [0.29, 0.717) is 17.6 Å². The van der Waals surface area contributed by atoms with Crippen molar-refractivity contribution < 1.29 is 14.8 Å². The zero-order valence-corrected chi connectivity index (χ0v) is 11.0. The van der Waals surface area contributed by atoms with Crippen LogP contribution in [0.5, 0.6) is 0 Å². The molecule has 0 radical (unpaired) electrons. The van der Waals surface area contributed by atoms with Gasteiger partial charge in [0.2, 0.25) is 0 Å². The van der Waals surface area contributed by atoms with Crippen molar-refractivity contribution in [1.82, 2.24) is 0 Å². The predicted molar refractivity (Wildman–Crippen MR) is 72.9 cm³/mol. The van der Waals surface area contributed by atoms with Crippen molar-refractivity contribution in [3.8, 4) is 0 Å². The number of nitro benzene ring substituents is 1. The van der Waals surface area contributed by atoms with Crippen LogP contribution in [-0.4, -0.2) is 22.5 Å². The number of carboxylic acid groups (broad SMARTS) is 1. The molecule has 6 heteroatoms. The van der Waals surface area contributed by atoms with Crippen LogP contribution in [0.25, 0.3) is 0 Å². The lowest BCUT2D eigenvalue weighted by Crippen LogP contribution is -2.18. The van der Waals surface area contributed by atoms with E-state index in [-0.39, 0.29) is 11.3 Å². The minimum Gasteiger partial charge on any atom is -0.477 e. The van der Waals surface area contributed by atoms with Gasteiger partial charge in [-0.3, -0.25) is 10.1 Å². The lowest BCUT2D eigenvalue weighted by molar-refractivity contribution is -0.384. The first-order chi connectivity index (χ1) is 9.53. The number of para-hydroxylation sites is 1. The van der Waals surface area contributed by atoms with Gasteiger partial charge in [0.25, 0.3) is 0 Å². The first-order valence-corrected chi connectivity index (χ1v) is 6.78. The van der Waals surface area contributed by atoms with Gasteiger partial charge in [-0.1, -0.05) is 6.07 Å². The molecule has 2 N–H and O–H groups in total. The molecule has 2 aliphatic carbocycles. The summed E-state index contributed by atoms with van der Waals surface area (Å²) in [6.45, 7) is 0.696. The molecule has 2 aliphatic rings. The molecule has 2 saturated carbocycles. The zero-order chi connectivity index (χ0) is 14.3. The standard InChI is InChI=1S/C14H16N2O4/c17-13(18)10-2-1-3-11(12(10)16(19)20)15-8-14(6-7-14)9-4-5-9/h1-3,9,15H,4-8H2,(H,17,18). The van der Waals surface area contributed by atoms with Crippen LogP contribution in [0.4, 0.5) is 11.4 Å². The van der Waals surface area contributed by atoms with Crippen LogP contribution < -0.4 is 5.32 Å². The van der Waals surface area contributed by atoms with Gasteiger partial charge >= 0.3 is 11.7 Å².